The van der Waals surface area contributed by atoms with Gasteiger partial charge in [0.05, 0.1) is 7.11 Å². The van der Waals surface area contributed by atoms with Crippen molar-refractivity contribution in [1.29, 1.82) is 0 Å². The predicted molar refractivity (Wildman–Crippen MR) is 45.5 cm³/mol. The second kappa shape index (κ2) is 12.8. The zero-order valence-corrected chi connectivity index (χ0v) is 7.83. The maximum atomic E-state index is 9.95. The molecule has 0 heterocycles. The van der Waals surface area contributed by atoms with Crippen molar-refractivity contribution in [3.05, 3.63) is 12.7 Å². The Hall–Kier alpha value is -0.870. The van der Waals surface area contributed by atoms with Crippen molar-refractivity contribution in [1.82, 2.24) is 0 Å². The summed E-state index contributed by atoms with van der Waals surface area (Å²) in [6.45, 7) is 8.79. The first-order chi connectivity index (χ1) is 5.72. The first kappa shape index (κ1) is 13.7. The van der Waals surface area contributed by atoms with Crippen LogP contribution in [0.2, 0.25) is 0 Å². The Morgan fingerprint density at radius 2 is 1.92 bits per heavy atom. The van der Waals surface area contributed by atoms with Crippen molar-refractivity contribution >= 4 is 5.97 Å². The molecule has 0 aromatic rings. The van der Waals surface area contributed by atoms with E-state index in [0.717, 1.165) is 19.3 Å². The van der Waals surface area contributed by atoms with Crippen LogP contribution in [0.5, 0.6) is 0 Å². The van der Waals surface area contributed by atoms with Crippen LogP contribution in [0.4, 0.5) is 0 Å². The molecule has 0 atom stereocenters. The summed E-state index contributed by atoms with van der Waals surface area (Å²) in [6.07, 6.45) is 1.02. The van der Waals surface area contributed by atoms with E-state index in [2.05, 4.69) is 16.4 Å². The molecule has 0 saturated heterocycles. The minimum atomic E-state index is -0.581. The van der Waals surface area contributed by atoms with Gasteiger partial charge >= 0.3 is 5.97 Å². The minimum Gasteiger partial charge on any atom is -0.382 e. The van der Waals surface area contributed by atoms with Crippen LogP contribution in [0.25, 0.3) is 0 Å². The van der Waals surface area contributed by atoms with E-state index in [1.54, 1.807) is 0 Å². The summed E-state index contributed by atoms with van der Waals surface area (Å²) in [5, 5.41) is 0. The van der Waals surface area contributed by atoms with E-state index >= 15 is 0 Å². The summed E-state index contributed by atoms with van der Waals surface area (Å²) in [5.41, 5.74) is 0. The molecule has 0 bridgehead atoms. The smallest absolute Gasteiger partial charge is 0.365 e. The van der Waals surface area contributed by atoms with Gasteiger partial charge in [-0.05, 0) is 13.8 Å². The molecule has 0 spiro atoms. The maximum Gasteiger partial charge on any atom is 0.365 e. The zero-order valence-electron chi connectivity index (χ0n) is 7.83. The summed E-state index contributed by atoms with van der Waals surface area (Å²) in [7, 11) is 1.25. The molecule has 4 nitrogen and oxygen atoms in total. The van der Waals surface area contributed by atoms with Crippen molar-refractivity contribution < 1.29 is 19.3 Å². The molecule has 0 N–H and O–H groups in total. The molecule has 0 unspecified atom stereocenters. The fourth-order valence-electron chi connectivity index (χ4n) is 0.320. The van der Waals surface area contributed by atoms with Crippen LogP contribution in [0, 0.1) is 0 Å². The van der Waals surface area contributed by atoms with Gasteiger partial charge in [-0.15, -0.1) is 0 Å². The summed E-state index contributed by atoms with van der Waals surface area (Å²) >= 11 is 0. The van der Waals surface area contributed by atoms with Crippen molar-refractivity contribution in [3.63, 3.8) is 0 Å². The van der Waals surface area contributed by atoms with E-state index in [-0.39, 0.29) is 0 Å². The highest BCUT2D eigenvalue weighted by Crippen LogP contribution is 1.74. The highest BCUT2D eigenvalue weighted by molar-refractivity contribution is 5.80. The fraction of sp³-hybridized carbons (Fsp3) is 0.625. The van der Waals surface area contributed by atoms with Gasteiger partial charge in [0.15, 0.2) is 0 Å². The molecule has 0 aliphatic heterocycles. The number of hydrogen-bond acceptors (Lipinski definition) is 4. The molecule has 0 radical (unpaired) electrons. The number of carbonyl (C=O) groups is 1. The van der Waals surface area contributed by atoms with Crippen molar-refractivity contribution in [2.24, 2.45) is 0 Å². The molecule has 4 heteroatoms. The van der Waals surface area contributed by atoms with Crippen LogP contribution >= 0.6 is 0 Å². The summed E-state index contributed by atoms with van der Waals surface area (Å²) < 4.78 is 4.83. The third kappa shape index (κ3) is 16.1. The van der Waals surface area contributed by atoms with Crippen LogP contribution in [-0.2, 0) is 19.3 Å². The van der Waals surface area contributed by atoms with Gasteiger partial charge in [0, 0.05) is 19.3 Å². The van der Waals surface area contributed by atoms with Gasteiger partial charge in [-0.1, -0.05) is 6.58 Å². The first-order valence-electron chi connectivity index (χ1n) is 3.67. The molecule has 0 fully saturated rings. The molecular weight excluding hydrogens is 160 g/mol. The summed E-state index contributed by atoms with van der Waals surface area (Å²) in [6, 6.07) is 0. The lowest BCUT2D eigenvalue weighted by atomic mass is 10.7. The molecule has 72 valence electrons. The molecular formula is C8H16O4. The molecule has 0 aliphatic rings. The zero-order chi connectivity index (χ0) is 9.82. The van der Waals surface area contributed by atoms with Gasteiger partial charge in [-0.2, -0.15) is 4.89 Å². The highest BCUT2D eigenvalue weighted by atomic mass is 17.2. The lowest BCUT2D eigenvalue weighted by molar-refractivity contribution is -0.249. The van der Waals surface area contributed by atoms with Gasteiger partial charge < -0.3 is 4.74 Å². The quantitative estimate of drug-likeness (QED) is 0.368. The van der Waals surface area contributed by atoms with Crippen LogP contribution in [-0.4, -0.2) is 26.3 Å². The van der Waals surface area contributed by atoms with Gasteiger partial charge in [0.1, 0.15) is 0 Å². The normalized spacial score (nSPS) is 7.92. The van der Waals surface area contributed by atoms with Crippen molar-refractivity contribution in [2.45, 2.75) is 13.8 Å². The minimum absolute atomic E-state index is 0.581. The SMILES string of the molecule is C=CC(=O)OOC.CCOCC. The van der Waals surface area contributed by atoms with Gasteiger partial charge in [-0.3, -0.25) is 4.89 Å². The van der Waals surface area contributed by atoms with Crippen LogP contribution in [0.15, 0.2) is 12.7 Å². The van der Waals surface area contributed by atoms with Crippen molar-refractivity contribution in [2.75, 3.05) is 20.3 Å². The lowest BCUT2D eigenvalue weighted by Crippen LogP contribution is -1.96. The highest BCUT2D eigenvalue weighted by Gasteiger charge is 1.88. The van der Waals surface area contributed by atoms with Crippen LogP contribution in [0.1, 0.15) is 13.8 Å². The van der Waals surface area contributed by atoms with Gasteiger partial charge in [0.2, 0.25) is 0 Å². The van der Waals surface area contributed by atoms with Crippen molar-refractivity contribution in [3.8, 4) is 0 Å². The number of hydrogen-bond donors (Lipinski definition) is 0. The number of ether oxygens (including phenoxy) is 1. The molecule has 0 aromatic heterocycles. The average molecular weight is 176 g/mol. The van der Waals surface area contributed by atoms with Crippen LogP contribution < -0.4 is 0 Å². The monoisotopic (exact) mass is 176 g/mol. The predicted octanol–water partition coefficient (Wildman–Crippen LogP) is 1.32. The van der Waals surface area contributed by atoms with E-state index in [0.29, 0.717) is 0 Å². The van der Waals surface area contributed by atoms with Crippen LogP contribution in [0.3, 0.4) is 0 Å². The fourth-order valence-corrected chi connectivity index (χ4v) is 0.320. The molecule has 0 rings (SSSR count). The standard InChI is InChI=1S/C4H6O3.C4H10O/c1-3-4(5)7-6-2;1-3-5-4-2/h3H,1H2,2H3;3-4H2,1-2H3. The molecule has 0 aliphatic carbocycles. The van der Waals surface area contributed by atoms with E-state index < -0.39 is 5.97 Å². The molecule has 12 heavy (non-hydrogen) atoms. The topological polar surface area (TPSA) is 44.8 Å². The maximum absolute atomic E-state index is 9.95. The third-order valence-electron chi connectivity index (χ3n) is 0.740. The Bertz CT molecular complexity index is 110. The summed E-state index contributed by atoms with van der Waals surface area (Å²) in [4.78, 5) is 17.9. The second-order valence-corrected chi connectivity index (χ2v) is 1.55. The first-order valence-corrected chi connectivity index (χ1v) is 3.67. The van der Waals surface area contributed by atoms with E-state index in [1.807, 2.05) is 13.8 Å². The molecule has 0 saturated carbocycles. The Kier molecular flexibility index (Phi) is 14.6. The third-order valence-corrected chi connectivity index (χ3v) is 0.740. The largest absolute Gasteiger partial charge is 0.382 e. The Morgan fingerprint density at radius 3 is 2.00 bits per heavy atom. The van der Waals surface area contributed by atoms with Gasteiger partial charge in [-0.25, -0.2) is 4.79 Å². The van der Waals surface area contributed by atoms with E-state index in [1.165, 1.54) is 7.11 Å². The number of rotatable bonds is 4. The number of carbonyl (C=O) groups excluding carboxylic acids is 1. The Balaban J connectivity index is 0. The van der Waals surface area contributed by atoms with E-state index in [9.17, 15) is 4.79 Å². The Morgan fingerprint density at radius 1 is 1.42 bits per heavy atom. The molecule has 0 aromatic carbocycles. The summed E-state index contributed by atoms with van der Waals surface area (Å²) in [5.74, 6) is -0.581. The molecule has 0 amide bonds. The second-order valence-electron chi connectivity index (χ2n) is 1.55. The lowest BCUT2D eigenvalue weighted by Gasteiger charge is -1.88. The van der Waals surface area contributed by atoms with Gasteiger partial charge in [0.25, 0.3) is 0 Å². The average Bonchev–Trinajstić information content (AvgIpc) is 2.07. The Labute approximate surface area is 73.0 Å². The van der Waals surface area contributed by atoms with E-state index in [4.69, 9.17) is 4.74 Å².